The van der Waals surface area contributed by atoms with E-state index in [2.05, 4.69) is 181 Å². The van der Waals surface area contributed by atoms with Crippen molar-refractivity contribution in [3.8, 4) is 22.3 Å². The maximum absolute atomic E-state index is 6.84. The van der Waals surface area contributed by atoms with Crippen LogP contribution in [0.1, 0.15) is 0 Å². The fourth-order valence-electron chi connectivity index (χ4n) is 6.84. The van der Waals surface area contributed by atoms with Crippen molar-refractivity contribution in [2.24, 2.45) is 0 Å². The summed E-state index contributed by atoms with van der Waals surface area (Å²) in [6, 6.07) is 62.6. The minimum atomic E-state index is 0.872. The smallest absolute Gasteiger partial charge is 0.159 e. The lowest BCUT2D eigenvalue weighted by atomic mass is 9.97. The number of anilines is 3. The Morgan fingerprint density at radius 2 is 0.957 bits per heavy atom. The van der Waals surface area contributed by atoms with E-state index in [1.54, 1.807) is 0 Å². The SMILES string of the molecule is c1ccc(-c2ccc(N(c3cccc(-c4cccc5ccccc45)c3)c3cccc4c3oc3c5ccccc5ccc43)cc2)cc1. The summed E-state index contributed by atoms with van der Waals surface area (Å²) in [5.41, 5.74) is 9.69. The van der Waals surface area contributed by atoms with Gasteiger partial charge in [0.25, 0.3) is 0 Å². The van der Waals surface area contributed by atoms with E-state index in [9.17, 15) is 0 Å². The molecular formula is C44H29NO. The van der Waals surface area contributed by atoms with Crippen molar-refractivity contribution in [2.45, 2.75) is 0 Å². The quantitative estimate of drug-likeness (QED) is 0.199. The van der Waals surface area contributed by atoms with Crippen molar-refractivity contribution >= 4 is 60.5 Å². The number of hydrogen-bond acceptors (Lipinski definition) is 2. The van der Waals surface area contributed by atoms with Crippen molar-refractivity contribution in [3.05, 3.63) is 176 Å². The van der Waals surface area contributed by atoms with Gasteiger partial charge in [-0.05, 0) is 74.8 Å². The molecule has 0 unspecified atom stereocenters. The molecule has 0 radical (unpaired) electrons. The largest absolute Gasteiger partial charge is 0.453 e. The van der Waals surface area contributed by atoms with Crippen LogP contribution in [0.15, 0.2) is 180 Å². The van der Waals surface area contributed by atoms with Gasteiger partial charge >= 0.3 is 0 Å². The monoisotopic (exact) mass is 587 g/mol. The number of furan rings is 1. The van der Waals surface area contributed by atoms with Gasteiger partial charge in [0.2, 0.25) is 0 Å². The average Bonchev–Trinajstić information content (AvgIpc) is 3.52. The summed E-state index contributed by atoms with van der Waals surface area (Å²) in [6.07, 6.45) is 0. The third-order valence-corrected chi connectivity index (χ3v) is 9.05. The van der Waals surface area contributed by atoms with Crippen molar-refractivity contribution in [3.63, 3.8) is 0 Å². The third-order valence-electron chi connectivity index (χ3n) is 9.05. The Bertz CT molecular complexity index is 2520. The Labute approximate surface area is 267 Å². The first-order chi connectivity index (χ1) is 22.8. The van der Waals surface area contributed by atoms with Crippen molar-refractivity contribution < 1.29 is 4.42 Å². The molecule has 0 amide bonds. The minimum absolute atomic E-state index is 0.872. The van der Waals surface area contributed by atoms with E-state index in [1.165, 1.54) is 38.4 Å². The molecule has 9 aromatic rings. The number of rotatable bonds is 5. The summed E-state index contributed by atoms with van der Waals surface area (Å²) in [5, 5.41) is 7.00. The molecule has 0 aliphatic heterocycles. The van der Waals surface area contributed by atoms with Crippen LogP contribution < -0.4 is 4.90 Å². The zero-order valence-electron chi connectivity index (χ0n) is 25.1. The van der Waals surface area contributed by atoms with Gasteiger partial charge in [-0.1, -0.05) is 140 Å². The molecule has 0 atom stereocenters. The number of nitrogens with zero attached hydrogens (tertiary/aromatic N) is 1. The van der Waals surface area contributed by atoms with E-state index < -0.39 is 0 Å². The molecule has 2 heteroatoms. The van der Waals surface area contributed by atoms with Gasteiger partial charge in [0.05, 0.1) is 5.69 Å². The Kier molecular flexibility index (Phi) is 6.17. The lowest BCUT2D eigenvalue weighted by molar-refractivity contribution is 0.673. The summed E-state index contributed by atoms with van der Waals surface area (Å²) in [6.45, 7) is 0. The molecule has 216 valence electrons. The van der Waals surface area contributed by atoms with Gasteiger partial charge in [-0.3, -0.25) is 0 Å². The number of hydrogen-bond donors (Lipinski definition) is 0. The van der Waals surface area contributed by atoms with Crippen molar-refractivity contribution in [1.29, 1.82) is 0 Å². The molecule has 0 saturated heterocycles. The van der Waals surface area contributed by atoms with Crippen LogP contribution in [-0.2, 0) is 0 Å². The molecule has 0 spiro atoms. The second kappa shape index (κ2) is 10.8. The predicted molar refractivity (Wildman–Crippen MR) is 194 cm³/mol. The highest BCUT2D eigenvalue weighted by Gasteiger charge is 2.21. The van der Waals surface area contributed by atoms with Gasteiger partial charge in [-0.2, -0.15) is 0 Å². The van der Waals surface area contributed by atoms with Gasteiger partial charge in [0, 0.05) is 27.5 Å². The lowest BCUT2D eigenvalue weighted by Crippen LogP contribution is -2.10. The van der Waals surface area contributed by atoms with Crippen LogP contribution in [0.3, 0.4) is 0 Å². The summed E-state index contributed by atoms with van der Waals surface area (Å²) in [4.78, 5) is 2.33. The average molecular weight is 588 g/mol. The molecule has 8 aromatic carbocycles. The van der Waals surface area contributed by atoms with Gasteiger partial charge in [-0.25, -0.2) is 0 Å². The molecule has 0 aliphatic rings. The molecule has 0 saturated carbocycles. The molecule has 46 heavy (non-hydrogen) atoms. The third kappa shape index (κ3) is 4.35. The van der Waals surface area contributed by atoms with E-state index >= 15 is 0 Å². The number of fused-ring (bicyclic) bond motifs is 6. The van der Waals surface area contributed by atoms with E-state index in [-0.39, 0.29) is 0 Å². The summed E-state index contributed by atoms with van der Waals surface area (Å²) < 4.78 is 6.84. The normalized spacial score (nSPS) is 11.5. The molecule has 9 rings (SSSR count). The summed E-state index contributed by atoms with van der Waals surface area (Å²) in [7, 11) is 0. The first-order valence-corrected chi connectivity index (χ1v) is 15.7. The van der Waals surface area contributed by atoms with Crippen LogP contribution in [0.2, 0.25) is 0 Å². The number of benzene rings is 8. The fraction of sp³-hybridized carbons (Fsp3) is 0. The minimum Gasteiger partial charge on any atom is -0.453 e. The van der Waals surface area contributed by atoms with E-state index in [1.807, 2.05) is 0 Å². The molecule has 0 fully saturated rings. The van der Waals surface area contributed by atoms with E-state index in [0.717, 1.165) is 44.4 Å². The van der Waals surface area contributed by atoms with Crippen LogP contribution in [0.25, 0.3) is 65.7 Å². The van der Waals surface area contributed by atoms with Crippen molar-refractivity contribution in [2.75, 3.05) is 4.90 Å². The second-order valence-electron chi connectivity index (χ2n) is 11.7. The Morgan fingerprint density at radius 3 is 1.80 bits per heavy atom. The summed E-state index contributed by atoms with van der Waals surface area (Å²) in [5.74, 6) is 0. The lowest BCUT2D eigenvalue weighted by Gasteiger charge is -2.26. The summed E-state index contributed by atoms with van der Waals surface area (Å²) >= 11 is 0. The van der Waals surface area contributed by atoms with Crippen LogP contribution >= 0.6 is 0 Å². The molecule has 0 aliphatic carbocycles. The first kappa shape index (κ1) is 26.3. The maximum atomic E-state index is 6.84. The highest BCUT2D eigenvalue weighted by molar-refractivity contribution is 6.17. The fourth-order valence-corrected chi connectivity index (χ4v) is 6.84. The van der Waals surface area contributed by atoms with Crippen LogP contribution in [0.5, 0.6) is 0 Å². The molecular weight excluding hydrogens is 558 g/mol. The van der Waals surface area contributed by atoms with Gasteiger partial charge in [-0.15, -0.1) is 0 Å². The Hall–Kier alpha value is -6.12. The first-order valence-electron chi connectivity index (χ1n) is 15.7. The maximum Gasteiger partial charge on any atom is 0.159 e. The van der Waals surface area contributed by atoms with Gasteiger partial charge in [0.1, 0.15) is 5.58 Å². The zero-order chi connectivity index (χ0) is 30.5. The van der Waals surface area contributed by atoms with Crippen molar-refractivity contribution in [1.82, 2.24) is 0 Å². The number of para-hydroxylation sites is 1. The Balaban J connectivity index is 1.27. The molecule has 2 nitrogen and oxygen atoms in total. The van der Waals surface area contributed by atoms with E-state index in [0.29, 0.717) is 0 Å². The highest BCUT2D eigenvalue weighted by Crippen LogP contribution is 2.44. The van der Waals surface area contributed by atoms with Gasteiger partial charge in [0.15, 0.2) is 5.58 Å². The molecule has 0 bridgehead atoms. The molecule has 1 aromatic heterocycles. The standard InChI is InChI=1S/C44H29NO/c1-2-11-30(12-3-1)31-23-26-35(27-24-31)45(36-17-8-16-34(29-36)38-20-9-15-32-13-4-6-18-37(32)38)42-22-10-21-40-41-28-25-33-14-5-7-19-39(33)43(41)46-44(40)42/h1-29H. The van der Waals surface area contributed by atoms with Crippen LogP contribution in [0.4, 0.5) is 17.1 Å². The van der Waals surface area contributed by atoms with Crippen LogP contribution in [-0.4, -0.2) is 0 Å². The predicted octanol–water partition coefficient (Wildman–Crippen LogP) is 12.7. The topological polar surface area (TPSA) is 16.4 Å². The molecule has 1 heterocycles. The van der Waals surface area contributed by atoms with E-state index in [4.69, 9.17) is 4.42 Å². The second-order valence-corrected chi connectivity index (χ2v) is 11.7. The zero-order valence-corrected chi connectivity index (χ0v) is 25.1. The van der Waals surface area contributed by atoms with Crippen LogP contribution in [0, 0.1) is 0 Å². The van der Waals surface area contributed by atoms with Gasteiger partial charge < -0.3 is 9.32 Å². The molecule has 0 N–H and O–H groups in total. The highest BCUT2D eigenvalue weighted by atomic mass is 16.3. The Morgan fingerprint density at radius 1 is 0.348 bits per heavy atom.